The van der Waals surface area contributed by atoms with E-state index in [1.807, 2.05) is 6.08 Å². The Labute approximate surface area is 96.0 Å². The molecule has 2 N–H and O–H groups in total. The Morgan fingerprint density at radius 1 is 1.31 bits per heavy atom. The average molecular weight is 213 g/mol. The first-order chi connectivity index (χ1) is 7.70. The zero-order chi connectivity index (χ0) is 11.5. The molecule has 0 saturated carbocycles. The number of benzene rings is 1. The molecule has 0 aliphatic rings. The highest BCUT2D eigenvalue weighted by molar-refractivity contribution is 5.89. The Morgan fingerprint density at radius 2 is 2.12 bits per heavy atom. The molecule has 0 radical (unpaired) electrons. The summed E-state index contributed by atoms with van der Waals surface area (Å²) in [5, 5.41) is 4.60. The molecule has 0 aliphatic carbocycles. The van der Waals surface area contributed by atoms with Gasteiger partial charge >= 0.3 is 0 Å². The van der Waals surface area contributed by atoms with Crippen LogP contribution >= 0.6 is 0 Å². The van der Waals surface area contributed by atoms with Crippen molar-refractivity contribution in [3.05, 3.63) is 48.2 Å². The second-order valence-corrected chi connectivity index (χ2v) is 4.08. The van der Waals surface area contributed by atoms with Gasteiger partial charge in [-0.1, -0.05) is 12.1 Å². The molecule has 0 unspecified atom stereocenters. The van der Waals surface area contributed by atoms with Crippen LogP contribution in [0.3, 0.4) is 0 Å². The molecular formula is C14H17N2+. The monoisotopic (exact) mass is 213 g/mol. The molecule has 0 saturated heterocycles. The van der Waals surface area contributed by atoms with Crippen LogP contribution in [0.2, 0.25) is 0 Å². The van der Waals surface area contributed by atoms with Crippen molar-refractivity contribution in [2.45, 2.75) is 13.8 Å². The summed E-state index contributed by atoms with van der Waals surface area (Å²) < 4.78 is 0. The predicted molar refractivity (Wildman–Crippen MR) is 68.7 cm³/mol. The van der Waals surface area contributed by atoms with E-state index in [1.165, 1.54) is 10.9 Å². The smallest absolute Gasteiger partial charge is 0.213 e. The Hall–Kier alpha value is -1.83. The third-order valence-electron chi connectivity index (χ3n) is 2.59. The van der Waals surface area contributed by atoms with Gasteiger partial charge in [-0.25, -0.2) is 4.98 Å². The van der Waals surface area contributed by atoms with Gasteiger partial charge in [0.05, 0.1) is 11.1 Å². The highest BCUT2D eigenvalue weighted by Gasteiger charge is 2.08. The van der Waals surface area contributed by atoms with Crippen molar-refractivity contribution in [1.29, 1.82) is 0 Å². The van der Waals surface area contributed by atoms with E-state index in [-0.39, 0.29) is 0 Å². The lowest BCUT2D eigenvalue weighted by Crippen LogP contribution is -2.11. The molecule has 0 spiro atoms. The second kappa shape index (κ2) is 4.35. The molecule has 2 nitrogen and oxygen atoms in total. The van der Waals surface area contributed by atoms with E-state index in [2.05, 4.69) is 55.0 Å². The number of aromatic nitrogens is 1. The first-order valence-electron chi connectivity index (χ1n) is 5.49. The Morgan fingerprint density at radius 3 is 2.88 bits per heavy atom. The van der Waals surface area contributed by atoms with Crippen molar-refractivity contribution in [3.63, 3.8) is 0 Å². The van der Waals surface area contributed by atoms with Crippen LogP contribution in [0.1, 0.15) is 11.3 Å². The van der Waals surface area contributed by atoms with Crippen molar-refractivity contribution < 1.29 is 4.98 Å². The van der Waals surface area contributed by atoms with Crippen molar-refractivity contribution in [2.24, 2.45) is 0 Å². The Balaban J connectivity index is 2.59. The van der Waals surface area contributed by atoms with E-state index in [0.717, 1.165) is 23.4 Å². The van der Waals surface area contributed by atoms with Crippen LogP contribution < -0.4 is 10.3 Å². The molecule has 1 heterocycles. The minimum absolute atomic E-state index is 0.784. The number of hydrogen-bond donors (Lipinski definition) is 1. The van der Waals surface area contributed by atoms with Crippen molar-refractivity contribution in [1.82, 2.24) is 0 Å². The Bertz CT molecular complexity index is 529. The molecule has 1 aromatic heterocycles. The van der Waals surface area contributed by atoms with E-state index < -0.39 is 0 Å². The number of rotatable bonds is 3. The molecule has 2 rings (SSSR count). The maximum atomic E-state index is 3.73. The summed E-state index contributed by atoms with van der Waals surface area (Å²) in [4.78, 5) is 3.37. The maximum Gasteiger partial charge on any atom is 0.213 e. The summed E-state index contributed by atoms with van der Waals surface area (Å²) in [6, 6.07) is 8.56. The van der Waals surface area contributed by atoms with E-state index in [9.17, 15) is 0 Å². The van der Waals surface area contributed by atoms with Gasteiger partial charge in [0.1, 0.15) is 0 Å². The van der Waals surface area contributed by atoms with Gasteiger partial charge in [0, 0.05) is 25.6 Å². The maximum absolute atomic E-state index is 3.73. The second-order valence-electron chi connectivity index (χ2n) is 4.08. The number of aromatic amines is 1. The van der Waals surface area contributed by atoms with E-state index in [0.29, 0.717) is 0 Å². The fourth-order valence-electron chi connectivity index (χ4n) is 1.86. The molecule has 2 heteroatoms. The number of nitrogens with one attached hydrogen (secondary N) is 2. The van der Waals surface area contributed by atoms with Crippen LogP contribution in [-0.4, -0.2) is 6.54 Å². The molecule has 16 heavy (non-hydrogen) atoms. The van der Waals surface area contributed by atoms with Crippen LogP contribution in [0.15, 0.2) is 36.9 Å². The minimum Gasteiger partial charge on any atom is -0.381 e. The molecule has 1 aromatic carbocycles. The van der Waals surface area contributed by atoms with Crippen LogP contribution in [0.5, 0.6) is 0 Å². The molecule has 0 bridgehead atoms. The number of pyridine rings is 1. The summed E-state index contributed by atoms with van der Waals surface area (Å²) in [5.41, 5.74) is 4.75. The van der Waals surface area contributed by atoms with Gasteiger partial charge in [-0.2, -0.15) is 0 Å². The topological polar surface area (TPSA) is 26.2 Å². The van der Waals surface area contributed by atoms with E-state index in [1.54, 1.807) is 0 Å². The molecule has 2 aromatic rings. The van der Waals surface area contributed by atoms with Gasteiger partial charge in [-0.15, -0.1) is 6.58 Å². The molecule has 0 amide bonds. The number of hydrogen-bond acceptors (Lipinski definition) is 1. The Kier molecular flexibility index (Phi) is 2.91. The van der Waals surface area contributed by atoms with Gasteiger partial charge in [0.15, 0.2) is 5.69 Å². The van der Waals surface area contributed by atoms with Crippen LogP contribution in [0.25, 0.3) is 10.9 Å². The fourth-order valence-corrected chi connectivity index (χ4v) is 1.86. The standard InChI is InChI=1S/C14H16N2/c1-4-7-15-14-9-11(3)16-13-6-5-10(2)8-12(13)14/h4-6,8-9H,1,7H2,2-3H3,(H,15,16)/p+1. The highest BCUT2D eigenvalue weighted by atomic mass is 14.9. The number of H-pyrrole nitrogens is 1. The number of aryl methyl sites for hydroxylation is 2. The summed E-state index contributed by atoms with van der Waals surface area (Å²) in [6.45, 7) is 8.69. The fraction of sp³-hybridized carbons (Fsp3) is 0.214. The van der Waals surface area contributed by atoms with Gasteiger partial charge < -0.3 is 5.32 Å². The first kappa shape index (κ1) is 10.7. The SMILES string of the molecule is C=CCNc1cc(C)[nH+]c2ccc(C)cc12. The summed E-state index contributed by atoms with van der Waals surface area (Å²) >= 11 is 0. The lowest BCUT2D eigenvalue weighted by atomic mass is 10.1. The van der Waals surface area contributed by atoms with Gasteiger partial charge in [0.2, 0.25) is 5.52 Å². The molecule has 0 atom stereocenters. The van der Waals surface area contributed by atoms with Crippen molar-refractivity contribution >= 4 is 16.6 Å². The van der Waals surface area contributed by atoms with Crippen LogP contribution in [0.4, 0.5) is 5.69 Å². The summed E-state index contributed by atoms with van der Waals surface area (Å²) in [5.74, 6) is 0. The zero-order valence-corrected chi connectivity index (χ0v) is 9.80. The third-order valence-corrected chi connectivity index (χ3v) is 2.59. The lowest BCUT2D eigenvalue weighted by molar-refractivity contribution is -0.354. The highest BCUT2D eigenvalue weighted by Crippen LogP contribution is 2.21. The predicted octanol–water partition coefficient (Wildman–Crippen LogP) is 2.87. The van der Waals surface area contributed by atoms with Gasteiger partial charge in [-0.3, -0.25) is 0 Å². The number of fused-ring (bicyclic) bond motifs is 1. The van der Waals surface area contributed by atoms with Crippen LogP contribution in [0, 0.1) is 13.8 Å². The first-order valence-corrected chi connectivity index (χ1v) is 5.49. The van der Waals surface area contributed by atoms with Crippen molar-refractivity contribution in [3.8, 4) is 0 Å². The van der Waals surface area contributed by atoms with Crippen molar-refractivity contribution in [2.75, 3.05) is 11.9 Å². The zero-order valence-electron chi connectivity index (χ0n) is 9.80. The summed E-state index contributed by atoms with van der Waals surface area (Å²) in [6.07, 6.45) is 1.87. The summed E-state index contributed by atoms with van der Waals surface area (Å²) in [7, 11) is 0. The normalized spacial score (nSPS) is 10.4. The quantitative estimate of drug-likeness (QED) is 0.779. The average Bonchev–Trinajstić information content (AvgIpc) is 2.26. The molecule has 0 aliphatic heterocycles. The van der Waals surface area contributed by atoms with Gasteiger partial charge in [0.25, 0.3) is 0 Å². The molecule has 82 valence electrons. The van der Waals surface area contributed by atoms with Crippen LogP contribution in [-0.2, 0) is 0 Å². The van der Waals surface area contributed by atoms with Gasteiger partial charge in [-0.05, 0) is 18.6 Å². The largest absolute Gasteiger partial charge is 0.381 e. The van der Waals surface area contributed by atoms with E-state index in [4.69, 9.17) is 0 Å². The third kappa shape index (κ3) is 2.06. The molecular weight excluding hydrogens is 196 g/mol. The number of anilines is 1. The minimum atomic E-state index is 0.784. The lowest BCUT2D eigenvalue weighted by Gasteiger charge is -2.06. The molecule has 0 fully saturated rings. The van der Waals surface area contributed by atoms with E-state index >= 15 is 0 Å².